The van der Waals surface area contributed by atoms with Gasteiger partial charge in [-0.1, -0.05) is 0 Å². The van der Waals surface area contributed by atoms with Crippen molar-refractivity contribution >= 4 is 6.09 Å². The number of imidazole rings is 1. The van der Waals surface area contributed by atoms with Gasteiger partial charge in [-0.25, -0.2) is 9.78 Å². The van der Waals surface area contributed by atoms with Crippen molar-refractivity contribution in [2.45, 2.75) is 51.3 Å². The Bertz CT molecular complexity index is 424. The lowest BCUT2D eigenvalue weighted by molar-refractivity contribution is 0.0220. The number of likely N-dealkylation sites (tertiary alicyclic amines) is 1. The fourth-order valence-corrected chi connectivity index (χ4v) is 2.31. The van der Waals surface area contributed by atoms with E-state index in [-0.39, 0.29) is 18.2 Å². The Labute approximate surface area is 113 Å². The Morgan fingerprint density at radius 3 is 2.95 bits per heavy atom. The molecule has 1 fully saturated rings. The standard InChI is InChI=1S/C13H22N4O2/c1-13(2,3)19-12(18)17-5-4-10(14)11(17)6-9-7-15-8-16-9/h7-8,10-11H,4-6,14H2,1-3H3,(H,15,16)/t10?,11-/m0/s1. The van der Waals surface area contributed by atoms with Gasteiger partial charge in [0.05, 0.1) is 12.4 Å². The Hall–Kier alpha value is -1.56. The highest BCUT2D eigenvalue weighted by Crippen LogP contribution is 2.22. The van der Waals surface area contributed by atoms with Crippen LogP contribution in [-0.2, 0) is 11.2 Å². The van der Waals surface area contributed by atoms with Crippen LogP contribution in [0.5, 0.6) is 0 Å². The lowest BCUT2D eigenvalue weighted by Gasteiger charge is -2.29. The molecule has 0 radical (unpaired) electrons. The molecule has 2 atom stereocenters. The summed E-state index contributed by atoms with van der Waals surface area (Å²) in [6.07, 6.45) is 4.59. The van der Waals surface area contributed by atoms with Gasteiger partial charge in [-0.15, -0.1) is 0 Å². The summed E-state index contributed by atoms with van der Waals surface area (Å²) in [5, 5.41) is 0. The van der Waals surface area contributed by atoms with Crippen molar-refractivity contribution in [2.24, 2.45) is 5.73 Å². The summed E-state index contributed by atoms with van der Waals surface area (Å²) in [7, 11) is 0. The summed E-state index contributed by atoms with van der Waals surface area (Å²) in [5.74, 6) is 0. The van der Waals surface area contributed by atoms with Gasteiger partial charge in [-0.3, -0.25) is 0 Å². The molecule has 19 heavy (non-hydrogen) atoms. The summed E-state index contributed by atoms with van der Waals surface area (Å²) in [4.78, 5) is 20.9. The molecule has 106 valence electrons. The quantitative estimate of drug-likeness (QED) is 0.844. The van der Waals surface area contributed by atoms with Gasteiger partial charge in [-0.2, -0.15) is 0 Å². The molecule has 2 heterocycles. The molecule has 1 aliphatic heterocycles. The number of amides is 1. The van der Waals surface area contributed by atoms with Gasteiger partial charge in [0, 0.05) is 30.9 Å². The Kier molecular flexibility index (Phi) is 3.80. The van der Waals surface area contributed by atoms with Gasteiger partial charge < -0.3 is 20.4 Å². The van der Waals surface area contributed by atoms with Crippen LogP contribution >= 0.6 is 0 Å². The summed E-state index contributed by atoms with van der Waals surface area (Å²) in [6.45, 7) is 6.25. The molecule has 1 aromatic rings. The van der Waals surface area contributed by atoms with E-state index < -0.39 is 5.60 Å². The maximum Gasteiger partial charge on any atom is 0.410 e. The van der Waals surface area contributed by atoms with Crippen LogP contribution in [0.2, 0.25) is 0 Å². The zero-order chi connectivity index (χ0) is 14.0. The van der Waals surface area contributed by atoms with E-state index in [1.807, 2.05) is 20.8 Å². The zero-order valence-corrected chi connectivity index (χ0v) is 11.7. The molecule has 1 saturated heterocycles. The topological polar surface area (TPSA) is 84.2 Å². The summed E-state index contributed by atoms with van der Waals surface area (Å²) in [6, 6.07) is -0.0499. The second-order valence-corrected chi connectivity index (χ2v) is 5.97. The lowest BCUT2D eigenvalue weighted by Crippen LogP contribution is -2.46. The van der Waals surface area contributed by atoms with Crippen LogP contribution in [-0.4, -0.2) is 45.2 Å². The highest BCUT2D eigenvalue weighted by atomic mass is 16.6. The molecule has 1 aliphatic rings. The Morgan fingerprint density at radius 1 is 1.63 bits per heavy atom. The first kappa shape index (κ1) is 13.9. The average Bonchev–Trinajstić information content (AvgIpc) is 2.88. The highest BCUT2D eigenvalue weighted by Gasteiger charge is 2.37. The highest BCUT2D eigenvalue weighted by molar-refractivity contribution is 5.69. The number of aromatic amines is 1. The number of nitrogens with one attached hydrogen (secondary N) is 1. The third-order valence-corrected chi connectivity index (χ3v) is 3.21. The Balaban J connectivity index is 2.04. The number of nitrogens with two attached hydrogens (primary N) is 1. The average molecular weight is 266 g/mol. The molecule has 0 aromatic carbocycles. The van der Waals surface area contributed by atoms with Crippen LogP contribution < -0.4 is 5.73 Å². The van der Waals surface area contributed by atoms with Gasteiger partial charge in [0.2, 0.25) is 0 Å². The number of carbonyl (C=O) groups is 1. The molecule has 1 amide bonds. The van der Waals surface area contributed by atoms with Crippen molar-refractivity contribution in [3.63, 3.8) is 0 Å². The maximum absolute atomic E-state index is 12.2. The number of nitrogens with zero attached hydrogens (tertiary/aromatic N) is 2. The van der Waals surface area contributed by atoms with Crippen LogP contribution in [0.25, 0.3) is 0 Å². The lowest BCUT2D eigenvalue weighted by atomic mass is 10.1. The second kappa shape index (κ2) is 5.21. The minimum atomic E-state index is -0.484. The normalized spacial score (nSPS) is 23.7. The Morgan fingerprint density at radius 2 is 2.37 bits per heavy atom. The second-order valence-electron chi connectivity index (χ2n) is 5.97. The predicted octanol–water partition coefficient (Wildman–Crippen LogP) is 1.29. The van der Waals surface area contributed by atoms with Crippen LogP contribution in [0.15, 0.2) is 12.5 Å². The number of H-pyrrole nitrogens is 1. The third-order valence-electron chi connectivity index (χ3n) is 3.21. The van der Waals surface area contributed by atoms with E-state index in [4.69, 9.17) is 10.5 Å². The molecule has 6 nitrogen and oxygen atoms in total. The molecule has 0 aliphatic carbocycles. The van der Waals surface area contributed by atoms with Crippen molar-refractivity contribution in [1.82, 2.24) is 14.9 Å². The molecule has 1 unspecified atom stereocenters. The minimum absolute atomic E-state index is 0.0178. The monoisotopic (exact) mass is 266 g/mol. The number of ether oxygens (including phenoxy) is 1. The fourth-order valence-electron chi connectivity index (χ4n) is 2.31. The molecular weight excluding hydrogens is 244 g/mol. The van der Waals surface area contributed by atoms with Crippen molar-refractivity contribution in [3.05, 3.63) is 18.2 Å². The van der Waals surface area contributed by atoms with Crippen LogP contribution in [0.1, 0.15) is 32.9 Å². The van der Waals surface area contributed by atoms with Crippen molar-refractivity contribution in [3.8, 4) is 0 Å². The van der Waals surface area contributed by atoms with Crippen molar-refractivity contribution in [2.75, 3.05) is 6.54 Å². The van der Waals surface area contributed by atoms with E-state index in [0.717, 1.165) is 12.1 Å². The fraction of sp³-hybridized carbons (Fsp3) is 0.692. The predicted molar refractivity (Wildman–Crippen MR) is 71.6 cm³/mol. The maximum atomic E-state index is 12.2. The van der Waals surface area contributed by atoms with Crippen molar-refractivity contribution in [1.29, 1.82) is 0 Å². The molecule has 3 N–H and O–H groups in total. The summed E-state index contributed by atoms with van der Waals surface area (Å²) < 4.78 is 5.43. The first-order valence-electron chi connectivity index (χ1n) is 6.59. The number of hydrogen-bond acceptors (Lipinski definition) is 4. The molecular formula is C13H22N4O2. The smallest absolute Gasteiger partial charge is 0.410 e. The minimum Gasteiger partial charge on any atom is -0.444 e. The molecule has 0 bridgehead atoms. The molecule has 0 spiro atoms. The van der Waals surface area contributed by atoms with Gasteiger partial charge in [0.15, 0.2) is 0 Å². The van der Waals surface area contributed by atoms with Gasteiger partial charge in [-0.05, 0) is 27.2 Å². The molecule has 6 heteroatoms. The van der Waals surface area contributed by atoms with Gasteiger partial charge >= 0.3 is 6.09 Å². The van der Waals surface area contributed by atoms with E-state index in [0.29, 0.717) is 13.0 Å². The SMILES string of the molecule is CC(C)(C)OC(=O)N1CCC(N)[C@@H]1Cc1cnc[nH]1. The van der Waals surface area contributed by atoms with Crippen LogP contribution in [0, 0.1) is 0 Å². The number of hydrogen-bond donors (Lipinski definition) is 2. The molecule has 0 saturated carbocycles. The number of rotatable bonds is 2. The zero-order valence-electron chi connectivity index (χ0n) is 11.7. The van der Waals surface area contributed by atoms with Crippen LogP contribution in [0.3, 0.4) is 0 Å². The van der Waals surface area contributed by atoms with Crippen LogP contribution in [0.4, 0.5) is 4.79 Å². The van der Waals surface area contributed by atoms with Crippen molar-refractivity contribution < 1.29 is 9.53 Å². The number of carbonyl (C=O) groups excluding carboxylic acids is 1. The summed E-state index contributed by atoms with van der Waals surface area (Å²) >= 11 is 0. The van der Waals surface area contributed by atoms with Gasteiger partial charge in [0.1, 0.15) is 5.60 Å². The molecule has 2 rings (SSSR count). The number of aromatic nitrogens is 2. The first-order chi connectivity index (χ1) is 8.87. The summed E-state index contributed by atoms with van der Waals surface area (Å²) in [5.41, 5.74) is 6.60. The third kappa shape index (κ3) is 3.47. The van der Waals surface area contributed by atoms with E-state index in [9.17, 15) is 4.79 Å². The molecule has 1 aromatic heterocycles. The van der Waals surface area contributed by atoms with E-state index in [2.05, 4.69) is 9.97 Å². The van der Waals surface area contributed by atoms with E-state index in [1.165, 1.54) is 0 Å². The van der Waals surface area contributed by atoms with E-state index >= 15 is 0 Å². The first-order valence-corrected chi connectivity index (χ1v) is 6.59. The largest absolute Gasteiger partial charge is 0.444 e. The van der Waals surface area contributed by atoms with Gasteiger partial charge in [0.25, 0.3) is 0 Å². The van der Waals surface area contributed by atoms with E-state index in [1.54, 1.807) is 17.4 Å².